The van der Waals surface area contributed by atoms with Crippen LogP contribution in [0.3, 0.4) is 0 Å². The van der Waals surface area contributed by atoms with Crippen LogP contribution in [0.5, 0.6) is 0 Å². The van der Waals surface area contributed by atoms with Gasteiger partial charge in [0.1, 0.15) is 10.5 Å². The molecule has 4 aromatic rings. The van der Waals surface area contributed by atoms with E-state index in [9.17, 15) is 14.0 Å². The lowest BCUT2D eigenvalue weighted by molar-refractivity contribution is 0.626. The maximum Gasteiger partial charge on any atom is 0.336 e. The molecule has 2 aromatic heterocycles. The number of hydrogen-bond acceptors (Lipinski definition) is 3. The molecule has 0 amide bonds. The Bertz CT molecular complexity index is 1290. The van der Waals surface area contributed by atoms with Gasteiger partial charge >= 0.3 is 5.69 Å². The molecule has 0 aliphatic rings. The zero-order valence-corrected chi connectivity index (χ0v) is 15.9. The van der Waals surface area contributed by atoms with Crippen LogP contribution in [-0.2, 0) is 6.54 Å². The average Bonchev–Trinajstić information content (AvgIpc) is 3.10. The highest BCUT2D eigenvalue weighted by molar-refractivity contribution is 7.17. The molecule has 4 nitrogen and oxygen atoms in total. The van der Waals surface area contributed by atoms with Crippen LogP contribution in [0.2, 0.25) is 5.02 Å². The first-order chi connectivity index (χ1) is 13.0. The molecule has 0 spiro atoms. The van der Waals surface area contributed by atoms with Crippen molar-refractivity contribution in [1.82, 2.24) is 9.13 Å². The molecule has 0 radical (unpaired) electrons. The number of aryl methyl sites for hydroxylation is 1. The summed E-state index contributed by atoms with van der Waals surface area (Å²) in [6, 6.07) is 13.0. The van der Waals surface area contributed by atoms with E-state index in [0.717, 1.165) is 5.56 Å². The predicted molar refractivity (Wildman–Crippen MR) is 107 cm³/mol. The van der Waals surface area contributed by atoms with E-state index in [4.69, 9.17) is 11.6 Å². The summed E-state index contributed by atoms with van der Waals surface area (Å²) in [5.74, 6) is -0.443. The minimum absolute atomic E-state index is 0.136. The second-order valence-corrected chi connectivity index (χ2v) is 7.54. The number of thiophene rings is 1. The Morgan fingerprint density at radius 3 is 2.67 bits per heavy atom. The third kappa shape index (κ3) is 3.11. The van der Waals surface area contributed by atoms with Gasteiger partial charge in [0.15, 0.2) is 0 Å². The number of hydrogen-bond donors (Lipinski definition) is 0. The van der Waals surface area contributed by atoms with Crippen LogP contribution in [0.4, 0.5) is 4.39 Å². The first kappa shape index (κ1) is 17.7. The average molecular weight is 401 g/mol. The smallest absolute Gasteiger partial charge is 0.288 e. The van der Waals surface area contributed by atoms with Crippen molar-refractivity contribution >= 4 is 33.2 Å². The summed E-state index contributed by atoms with van der Waals surface area (Å²) in [5, 5.41) is 2.01. The van der Waals surface area contributed by atoms with Gasteiger partial charge in [0.05, 0.1) is 17.7 Å². The Kier molecular flexibility index (Phi) is 4.45. The SMILES string of the molecule is Cc1cccc(-n2c(=O)c3sccc3n(Cc3ccc(F)cc3Cl)c2=O)c1. The number of benzene rings is 2. The molecule has 2 heterocycles. The zero-order chi connectivity index (χ0) is 19.1. The van der Waals surface area contributed by atoms with Crippen molar-refractivity contribution in [2.24, 2.45) is 0 Å². The van der Waals surface area contributed by atoms with Crippen molar-refractivity contribution in [2.75, 3.05) is 0 Å². The summed E-state index contributed by atoms with van der Waals surface area (Å²) >= 11 is 7.43. The molecule has 0 saturated carbocycles. The first-order valence-electron chi connectivity index (χ1n) is 8.20. The molecule has 0 aliphatic carbocycles. The van der Waals surface area contributed by atoms with Crippen molar-refractivity contribution in [3.05, 3.63) is 96.7 Å². The Labute approximate surface area is 162 Å². The van der Waals surface area contributed by atoms with Crippen LogP contribution < -0.4 is 11.2 Å². The van der Waals surface area contributed by atoms with E-state index in [1.165, 1.54) is 32.6 Å². The number of aromatic nitrogens is 2. The number of nitrogens with zero attached hydrogens (tertiary/aromatic N) is 2. The standard InChI is InChI=1S/C20H14ClFN2O2S/c1-12-3-2-4-15(9-12)24-19(25)18-17(7-8-27-18)23(20(24)26)11-13-5-6-14(22)10-16(13)21/h2-10H,11H2,1H3. The second-order valence-electron chi connectivity index (χ2n) is 6.22. The summed E-state index contributed by atoms with van der Waals surface area (Å²) in [4.78, 5) is 26.1. The summed E-state index contributed by atoms with van der Waals surface area (Å²) in [6.45, 7) is 2.03. The van der Waals surface area contributed by atoms with Crippen LogP contribution >= 0.6 is 22.9 Å². The van der Waals surface area contributed by atoms with Crippen molar-refractivity contribution < 1.29 is 4.39 Å². The zero-order valence-electron chi connectivity index (χ0n) is 14.3. The van der Waals surface area contributed by atoms with Crippen molar-refractivity contribution in [3.63, 3.8) is 0 Å². The van der Waals surface area contributed by atoms with Gasteiger partial charge in [0.2, 0.25) is 0 Å². The Morgan fingerprint density at radius 2 is 1.93 bits per heavy atom. The summed E-state index contributed by atoms with van der Waals surface area (Å²) in [6.07, 6.45) is 0. The molecule has 27 heavy (non-hydrogen) atoms. The van der Waals surface area contributed by atoms with Gasteiger partial charge in [-0.2, -0.15) is 0 Å². The Morgan fingerprint density at radius 1 is 1.11 bits per heavy atom. The molecule has 0 N–H and O–H groups in total. The number of rotatable bonds is 3. The van der Waals surface area contributed by atoms with E-state index in [2.05, 4.69) is 0 Å². The lowest BCUT2D eigenvalue weighted by atomic mass is 10.2. The topological polar surface area (TPSA) is 44.0 Å². The van der Waals surface area contributed by atoms with E-state index >= 15 is 0 Å². The van der Waals surface area contributed by atoms with Gasteiger partial charge in [-0.25, -0.2) is 13.8 Å². The quantitative estimate of drug-likeness (QED) is 0.512. The Hall–Kier alpha value is -2.70. The number of fused-ring (bicyclic) bond motifs is 1. The van der Waals surface area contributed by atoms with Crippen LogP contribution in [0.1, 0.15) is 11.1 Å². The lowest BCUT2D eigenvalue weighted by Gasteiger charge is -2.13. The fraction of sp³-hybridized carbons (Fsp3) is 0.100. The fourth-order valence-corrected chi connectivity index (χ4v) is 4.11. The van der Waals surface area contributed by atoms with E-state index < -0.39 is 11.5 Å². The van der Waals surface area contributed by atoms with Gasteiger partial charge in [-0.1, -0.05) is 29.8 Å². The lowest BCUT2D eigenvalue weighted by Crippen LogP contribution is -2.38. The number of halogens is 2. The molecular formula is C20H14ClFN2O2S. The van der Waals surface area contributed by atoms with Gasteiger partial charge in [0, 0.05) is 5.02 Å². The molecule has 0 unspecified atom stereocenters. The first-order valence-corrected chi connectivity index (χ1v) is 9.45. The van der Waals surface area contributed by atoms with E-state index in [1.54, 1.807) is 35.7 Å². The van der Waals surface area contributed by atoms with Crippen LogP contribution in [-0.4, -0.2) is 9.13 Å². The maximum absolute atomic E-state index is 13.3. The molecule has 0 bridgehead atoms. The molecule has 136 valence electrons. The van der Waals surface area contributed by atoms with Crippen LogP contribution in [0.15, 0.2) is 63.5 Å². The second kappa shape index (κ2) is 6.79. The van der Waals surface area contributed by atoms with E-state index in [1.807, 2.05) is 13.0 Å². The molecule has 4 rings (SSSR count). The molecule has 2 aromatic carbocycles. The third-order valence-electron chi connectivity index (χ3n) is 4.36. The van der Waals surface area contributed by atoms with Gasteiger partial charge < -0.3 is 0 Å². The van der Waals surface area contributed by atoms with Crippen LogP contribution in [0, 0.1) is 12.7 Å². The monoisotopic (exact) mass is 400 g/mol. The summed E-state index contributed by atoms with van der Waals surface area (Å²) < 4.78 is 16.5. The summed E-state index contributed by atoms with van der Waals surface area (Å²) in [7, 11) is 0. The molecule has 0 saturated heterocycles. The minimum Gasteiger partial charge on any atom is -0.288 e. The highest BCUT2D eigenvalue weighted by Crippen LogP contribution is 2.21. The largest absolute Gasteiger partial charge is 0.336 e. The fourth-order valence-electron chi connectivity index (χ4n) is 3.06. The van der Waals surface area contributed by atoms with Gasteiger partial charge in [-0.3, -0.25) is 9.36 Å². The highest BCUT2D eigenvalue weighted by Gasteiger charge is 2.16. The molecule has 0 atom stereocenters. The van der Waals surface area contributed by atoms with Gasteiger partial charge in [-0.15, -0.1) is 11.3 Å². The maximum atomic E-state index is 13.3. The molecule has 0 fully saturated rings. The van der Waals surface area contributed by atoms with E-state index in [0.29, 0.717) is 21.5 Å². The normalized spacial score (nSPS) is 11.2. The van der Waals surface area contributed by atoms with Crippen molar-refractivity contribution in [2.45, 2.75) is 13.5 Å². The minimum atomic E-state index is -0.461. The van der Waals surface area contributed by atoms with Gasteiger partial charge in [-0.05, 0) is 53.8 Å². The van der Waals surface area contributed by atoms with Crippen molar-refractivity contribution in [1.29, 1.82) is 0 Å². The van der Waals surface area contributed by atoms with Crippen molar-refractivity contribution in [3.8, 4) is 5.69 Å². The predicted octanol–water partition coefficient (Wildman–Crippen LogP) is 4.36. The van der Waals surface area contributed by atoms with Gasteiger partial charge in [0.25, 0.3) is 5.56 Å². The van der Waals surface area contributed by atoms with Crippen LogP contribution in [0.25, 0.3) is 15.9 Å². The molecular weight excluding hydrogens is 387 g/mol. The highest BCUT2D eigenvalue weighted by atomic mass is 35.5. The third-order valence-corrected chi connectivity index (χ3v) is 5.60. The molecule has 0 aliphatic heterocycles. The Balaban J connectivity index is 1.99. The van der Waals surface area contributed by atoms with E-state index in [-0.39, 0.29) is 17.1 Å². The summed E-state index contributed by atoms with van der Waals surface area (Å²) in [5.41, 5.74) is 1.79. The molecule has 7 heteroatoms.